The monoisotopic (exact) mass is 195 g/mol. The van der Waals surface area contributed by atoms with Crippen LogP contribution in [0.3, 0.4) is 0 Å². The van der Waals surface area contributed by atoms with E-state index in [0.717, 1.165) is 17.9 Å². The van der Waals surface area contributed by atoms with E-state index in [1.54, 1.807) is 0 Å². The highest BCUT2D eigenvalue weighted by molar-refractivity contribution is 4.96. The molecule has 0 spiro atoms. The van der Waals surface area contributed by atoms with E-state index in [1.807, 2.05) is 0 Å². The Kier molecular flexibility index (Phi) is 3.86. The highest BCUT2D eigenvalue weighted by Crippen LogP contribution is 2.44. The van der Waals surface area contributed by atoms with Crippen LogP contribution in [0.4, 0.5) is 0 Å². The van der Waals surface area contributed by atoms with Crippen molar-refractivity contribution in [3.05, 3.63) is 0 Å². The quantitative estimate of drug-likeness (QED) is 0.641. The number of rotatable bonds is 6. The molecular weight excluding hydrogens is 170 g/mol. The zero-order chi connectivity index (χ0) is 9.80. The van der Waals surface area contributed by atoms with E-state index in [9.17, 15) is 0 Å². The molecule has 0 atom stereocenters. The highest BCUT2D eigenvalue weighted by atomic mass is 14.9. The maximum absolute atomic E-state index is 3.80. The molecule has 0 aromatic carbocycles. The van der Waals surface area contributed by atoms with Crippen molar-refractivity contribution in [3.8, 4) is 0 Å². The van der Waals surface area contributed by atoms with Gasteiger partial charge in [0.15, 0.2) is 0 Å². The molecule has 0 saturated heterocycles. The van der Waals surface area contributed by atoms with Gasteiger partial charge in [-0.25, -0.2) is 0 Å². The lowest BCUT2D eigenvalue weighted by Gasteiger charge is -2.17. The molecule has 2 saturated carbocycles. The van der Waals surface area contributed by atoms with Crippen molar-refractivity contribution < 1.29 is 0 Å². The molecule has 82 valence electrons. The van der Waals surface area contributed by atoms with Gasteiger partial charge in [-0.15, -0.1) is 0 Å². The summed E-state index contributed by atoms with van der Waals surface area (Å²) in [7, 11) is 0. The van der Waals surface area contributed by atoms with Crippen molar-refractivity contribution in [2.45, 2.75) is 64.3 Å². The fourth-order valence-corrected chi connectivity index (χ4v) is 3.40. The minimum absolute atomic E-state index is 0.914. The van der Waals surface area contributed by atoms with Crippen LogP contribution >= 0.6 is 0 Å². The maximum Gasteiger partial charge on any atom is 0.0124 e. The Labute approximate surface area is 88.7 Å². The summed E-state index contributed by atoms with van der Waals surface area (Å²) in [6.07, 6.45) is 11.6. The minimum Gasteiger partial charge on any atom is -0.313 e. The Morgan fingerprint density at radius 3 is 2.14 bits per heavy atom. The summed E-state index contributed by atoms with van der Waals surface area (Å²) in [5.74, 6) is 2.09. The van der Waals surface area contributed by atoms with Crippen molar-refractivity contribution in [3.63, 3.8) is 0 Å². The van der Waals surface area contributed by atoms with Gasteiger partial charge in [-0.2, -0.15) is 0 Å². The second kappa shape index (κ2) is 5.16. The van der Waals surface area contributed by atoms with Crippen molar-refractivity contribution in [1.29, 1.82) is 0 Å². The molecule has 1 nitrogen and oxygen atoms in total. The molecule has 14 heavy (non-hydrogen) atoms. The molecule has 0 heterocycles. The molecule has 0 aromatic heterocycles. The first-order valence-corrected chi connectivity index (χ1v) is 6.65. The van der Waals surface area contributed by atoms with Crippen LogP contribution in [0, 0.1) is 11.8 Å². The molecule has 1 heteroatoms. The van der Waals surface area contributed by atoms with Crippen molar-refractivity contribution in [2.24, 2.45) is 11.8 Å². The van der Waals surface area contributed by atoms with E-state index in [0.29, 0.717) is 0 Å². The molecule has 0 amide bonds. The van der Waals surface area contributed by atoms with Gasteiger partial charge in [0.05, 0.1) is 0 Å². The third kappa shape index (κ3) is 2.31. The summed E-state index contributed by atoms with van der Waals surface area (Å²) in [6.45, 7) is 3.56. The van der Waals surface area contributed by atoms with Gasteiger partial charge < -0.3 is 5.32 Å². The van der Waals surface area contributed by atoms with Crippen molar-refractivity contribution in [2.75, 3.05) is 6.54 Å². The lowest BCUT2D eigenvalue weighted by atomic mass is 10.0. The van der Waals surface area contributed by atoms with E-state index >= 15 is 0 Å². The second-order valence-electron chi connectivity index (χ2n) is 5.22. The Morgan fingerprint density at radius 1 is 0.929 bits per heavy atom. The molecule has 0 aliphatic heterocycles. The van der Waals surface area contributed by atoms with Gasteiger partial charge in [0.1, 0.15) is 0 Å². The lowest BCUT2D eigenvalue weighted by Crippen LogP contribution is -2.33. The minimum atomic E-state index is 0.914. The van der Waals surface area contributed by atoms with Crippen LogP contribution in [0.2, 0.25) is 0 Å². The summed E-state index contributed by atoms with van der Waals surface area (Å²) in [5, 5.41) is 3.80. The predicted molar refractivity (Wildman–Crippen MR) is 61.4 cm³/mol. The Morgan fingerprint density at radius 2 is 1.57 bits per heavy atom. The van der Waals surface area contributed by atoms with Gasteiger partial charge in [0.25, 0.3) is 0 Å². The van der Waals surface area contributed by atoms with Crippen molar-refractivity contribution in [1.82, 2.24) is 5.32 Å². The topological polar surface area (TPSA) is 12.0 Å². The molecule has 0 unspecified atom stereocenters. The number of fused-ring (bicyclic) bond motifs is 2. The molecule has 2 rings (SSSR count). The van der Waals surface area contributed by atoms with Gasteiger partial charge >= 0.3 is 0 Å². The number of unbranched alkanes of at least 4 members (excludes halogenated alkanes) is 3. The zero-order valence-electron chi connectivity index (χ0n) is 9.60. The van der Waals surface area contributed by atoms with Crippen LogP contribution in [0.1, 0.15) is 58.3 Å². The number of hydrogen-bond donors (Lipinski definition) is 1. The van der Waals surface area contributed by atoms with Gasteiger partial charge in [-0.05, 0) is 50.5 Å². The molecule has 0 radical (unpaired) electrons. The molecule has 0 aromatic rings. The van der Waals surface area contributed by atoms with E-state index in [4.69, 9.17) is 0 Å². The maximum atomic E-state index is 3.80. The Hall–Kier alpha value is -0.0400. The summed E-state index contributed by atoms with van der Waals surface area (Å²) in [4.78, 5) is 0. The van der Waals surface area contributed by atoms with Gasteiger partial charge in [-0.3, -0.25) is 0 Å². The third-order valence-electron chi connectivity index (χ3n) is 4.24. The third-order valence-corrected chi connectivity index (χ3v) is 4.24. The standard InChI is InChI=1S/C13H25N/c1-2-3-4-5-10-14-13-11-6-7-12(13)9-8-11/h11-14H,2-10H2,1H3. The first-order chi connectivity index (χ1) is 6.92. The Bertz CT molecular complexity index is 147. The van der Waals surface area contributed by atoms with Crippen LogP contribution in [0.5, 0.6) is 0 Å². The van der Waals surface area contributed by atoms with Crippen LogP contribution in [-0.2, 0) is 0 Å². The molecule has 2 aliphatic carbocycles. The number of nitrogens with one attached hydrogen (secondary N) is 1. The second-order valence-corrected chi connectivity index (χ2v) is 5.22. The first kappa shape index (κ1) is 10.5. The van der Waals surface area contributed by atoms with E-state index in [-0.39, 0.29) is 0 Å². The molecule has 2 fully saturated rings. The van der Waals surface area contributed by atoms with Gasteiger partial charge in [-0.1, -0.05) is 26.2 Å². The highest BCUT2D eigenvalue weighted by Gasteiger charge is 2.40. The largest absolute Gasteiger partial charge is 0.313 e. The van der Waals surface area contributed by atoms with Gasteiger partial charge in [0.2, 0.25) is 0 Å². The predicted octanol–water partition coefficient (Wildman–Crippen LogP) is 3.34. The lowest BCUT2D eigenvalue weighted by molar-refractivity contribution is 0.410. The molecule has 2 bridgehead atoms. The fraction of sp³-hybridized carbons (Fsp3) is 1.00. The van der Waals surface area contributed by atoms with Crippen molar-refractivity contribution >= 4 is 0 Å². The smallest absolute Gasteiger partial charge is 0.0124 e. The van der Waals surface area contributed by atoms with Crippen LogP contribution in [0.15, 0.2) is 0 Å². The van der Waals surface area contributed by atoms with E-state index < -0.39 is 0 Å². The van der Waals surface area contributed by atoms with Crippen LogP contribution in [-0.4, -0.2) is 12.6 Å². The summed E-state index contributed by atoms with van der Waals surface area (Å²) < 4.78 is 0. The number of hydrogen-bond acceptors (Lipinski definition) is 1. The van der Waals surface area contributed by atoms with Crippen LogP contribution < -0.4 is 5.32 Å². The average molecular weight is 195 g/mol. The van der Waals surface area contributed by atoms with E-state index in [2.05, 4.69) is 12.2 Å². The van der Waals surface area contributed by atoms with Gasteiger partial charge in [0, 0.05) is 6.04 Å². The van der Waals surface area contributed by atoms with E-state index in [1.165, 1.54) is 57.9 Å². The molecule has 2 aliphatic rings. The van der Waals surface area contributed by atoms with Crippen LogP contribution in [0.25, 0.3) is 0 Å². The molecule has 1 N–H and O–H groups in total. The Balaban J connectivity index is 1.57. The SMILES string of the molecule is CCCCCCNC1C2CCC1CC2. The summed E-state index contributed by atoms with van der Waals surface area (Å²) in [5.41, 5.74) is 0. The summed E-state index contributed by atoms with van der Waals surface area (Å²) >= 11 is 0. The fourth-order valence-electron chi connectivity index (χ4n) is 3.40. The molecular formula is C13H25N. The normalized spacial score (nSPS) is 35.4. The summed E-state index contributed by atoms with van der Waals surface area (Å²) in [6, 6.07) is 0.914. The zero-order valence-corrected chi connectivity index (χ0v) is 9.60. The first-order valence-electron chi connectivity index (χ1n) is 6.65. The average Bonchev–Trinajstić information content (AvgIpc) is 2.77.